The highest BCUT2D eigenvalue weighted by Crippen LogP contribution is 2.37. The van der Waals surface area contributed by atoms with Crippen LogP contribution in [-0.2, 0) is 0 Å². The molecule has 0 saturated carbocycles. The number of aliphatic hydroxyl groups is 1. The third kappa shape index (κ3) is 3.87. The number of nitro groups is 1. The van der Waals surface area contributed by atoms with E-state index in [1.165, 1.54) is 12.1 Å². The zero-order valence-electron chi connectivity index (χ0n) is 9.40. The highest BCUT2D eigenvalue weighted by Gasteiger charge is 2.18. The highest BCUT2D eigenvalue weighted by molar-refractivity contribution is 6.44. The van der Waals surface area contributed by atoms with E-state index in [4.69, 9.17) is 28.3 Å². The average Bonchev–Trinajstić information content (AvgIpc) is 2.33. The van der Waals surface area contributed by atoms with E-state index in [-0.39, 0.29) is 28.0 Å². The first kappa shape index (κ1) is 14.8. The largest absolute Gasteiger partial charge is 0.396 e. The van der Waals surface area contributed by atoms with Crippen LogP contribution >= 0.6 is 23.2 Å². The van der Waals surface area contributed by atoms with Crippen LogP contribution in [0.3, 0.4) is 0 Å². The lowest BCUT2D eigenvalue weighted by molar-refractivity contribution is -0.383. The molecule has 5 nitrogen and oxygen atoms in total. The van der Waals surface area contributed by atoms with Gasteiger partial charge in [-0.25, -0.2) is 0 Å². The standard InChI is InChI=1S/C11H12Cl2N2O3/c12-8-4-5-9(15(17)18)11(10(8)13)14-6-2-1-3-7-16/h1-2,4-5,14,16H,3,6-7H2/b2-1+. The quantitative estimate of drug-likeness (QED) is 0.479. The van der Waals surface area contributed by atoms with Crippen LogP contribution in [0.2, 0.25) is 10.0 Å². The number of nitrogens with zero attached hydrogens (tertiary/aromatic N) is 1. The number of anilines is 1. The Morgan fingerprint density at radius 3 is 2.72 bits per heavy atom. The molecule has 7 heteroatoms. The molecule has 18 heavy (non-hydrogen) atoms. The van der Waals surface area contributed by atoms with Crippen molar-refractivity contribution in [1.29, 1.82) is 0 Å². The predicted molar refractivity (Wildman–Crippen MR) is 72.4 cm³/mol. The molecule has 0 amide bonds. The molecule has 1 rings (SSSR count). The van der Waals surface area contributed by atoms with Crippen molar-refractivity contribution >= 4 is 34.6 Å². The van der Waals surface area contributed by atoms with Crippen LogP contribution in [0, 0.1) is 10.1 Å². The van der Waals surface area contributed by atoms with Crippen molar-refractivity contribution < 1.29 is 10.0 Å². The molecule has 1 aromatic rings. The monoisotopic (exact) mass is 290 g/mol. The first-order chi connectivity index (χ1) is 8.57. The molecule has 98 valence electrons. The molecule has 0 saturated heterocycles. The molecule has 0 aliphatic carbocycles. The zero-order chi connectivity index (χ0) is 13.5. The summed E-state index contributed by atoms with van der Waals surface area (Å²) in [6.45, 7) is 0.426. The van der Waals surface area contributed by atoms with Crippen molar-refractivity contribution in [3.8, 4) is 0 Å². The molecule has 0 heterocycles. The van der Waals surface area contributed by atoms with E-state index in [0.29, 0.717) is 13.0 Å². The van der Waals surface area contributed by atoms with Gasteiger partial charge < -0.3 is 10.4 Å². The number of hydrogen-bond donors (Lipinski definition) is 2. The Morgan fingerprint density at radius 1 is 1.39 bits per heavy atom. The molecular weight excluding hydrogens is 279 g/mol. The van der Waals surface area contributed by atoms with Crippen LogP contribution in [-0.4, -0.2) is 23.2 Å². The smallest absolute Gasteiger partial charge is 0.293 e. The maximum Gasteiger partial charge on any atom is 0.293 e. The van der Waals surface area contributed by atoms with Gasteiger partial charge >= 0.3 is 0 Å². The summed E-state index contributed by atoms with van der Waals surface area (Å²) < 4.78 is 0. The first-order valence-corrected chi connectivity index (χ1v) is 5.95. The van der Waals surface area contributed by atoms with Crippen molar-refractivity contribution in [2.24, 2.45) is 0 Å². The van der Waals surface area contributed by atoms with Gasteiger partial charge in [0, 0.05) is 19.2 Å². The summed E-state index contributed by atoms with van der Waals surface area (Å²) in [6.07, 6.45) is 4.04. The predicted octanol–water partition coefficient (Wildman–Crippen LogP) is 3.25. The van der Waals surface area contributed by atoms with E-state index in [0.717, 1.165) is 0 Å². The molecule has 2 N–H and O–H groups in total. The molecule has 0 spiro atoms. The van der Waals surface area contributed by atoms with Crippen molar-refractivity contribution in [1.82, 2.24) is 0 Å². The summed E-state index contributed by atoms with van der Waals surface area (Å²) >= 11 is 11.7. The Hall–Kier alpha value is -1.30. The second-order valence-electron chi connectivity index (χ2n) is 3.38. The average molecular weight is 291 g/mol. The van der Waals surface area contributed by atoms with E-state index >= 15 is 0 Å². The van der Waals surface area contributed by atoms with Gasteiger partial charge in [0.1, 0.15) is 5.69 Å². The van der Waals surface area contributed by atoms with Gasteiger partial charge in [-0.15, -0.1) is 0 Å². The van der Waals surface area contributed by atoms with Gasteiger partial charge in [-0.1, -0.05) is 35.4 Å². The van der Waals surface area contributed by atoms with Crippen LogP contribution < -0.4 is 5.32 Å². The van der Waals surface area contributed by atoms with Gasteiger partial charge in [-0.2, -0.15) is 0 Å². The number of aliphatic hydroxyl groups excluding tert-OH is 1. The Labute approximate surface area is 114 Å². The summed E-state index contributed by atoms with van der Waals surface area (Å²) in [5, 5.41) is 22.6. The van der Waals surface area contributed by atoms with Crippen LogP contribution in [0.25, 0.3) is 0 Å². The molecule has 0 bridgehead atoms. The van der Waals surface area contributed by atoms with Crippen molar-refractivity contribution in [3.63, 3.8) is 0 Å². The van der Waals surface area contributed by atoms with Crippen LogP contribution in [0.15, 0.2) is 24.3 Å². The molecule has 0 radical (unpaired) electrons. The molecule has 0 aromatic heterocycles. The van der Waals surface area contributed by atoms with E-state index in [1.54, 1.807) is 12.2 Å². The molecule has 0 atom stereocenters. The van der Waals surface area contributed by atoms with Gasteiger partial charge in [0.05, 0.1) is 15.0 Å². The molecular formula is C11H12Cl2N2O3. The van der Waals surface area contributed by atoms with Crippen LogP contribution in [0.1, 0.15) is 6.42 Å². The third-order valence-electron chi connectivity index (χ3n) is 2.13. The number of rotatable bonds is 6. The van der Waals surface area contributed by atoms with E-state index in [1.807, 2.05) is 0 Å². The van der Waals surface area contributed by atoms with Crippen LogP contribution in [0.5, 0.6) is 0 Å². The maximum atomic E-state index is 10.8. The lowest BCUT2D eigenvalue weighted by Gasteiger charge is -2.08. The lowest BCUT2D eigenvalue weighted by Crippen LogP contribution is -2.03. The molecule has 0 unspecified atom stereocenters. The van der Waals surface area contributed by atoms with Crippen LogP contribution in [0.4, 0.5) is 11.4 Å². The van der Waals surface area contributed by atoms with Gasteiger partial charge in [0.25, 0.3) is 5.69 Å². The van der Waals surface area contributed by atoms with Gasteiger partial charge in [0.15, 0.2) is 0 Å². The molecule has 1 aromatic carbocycles. The Kier molecular flexibility index (Phi) is 5.91. The Morgan fingerprint density at radius 2 is 2.11 bits per heavy atom. The van der Waals surface area contributed by atoms with Gasteiger partial charge in [-0.05, 0) is 12.5 Å². The number of hydrogen-bond acceptors (Lipinski definition) is 4. The summed E-state index contributed by atoms with van der Waals surface area (Å²) in [5.41, 5.74) is 0.0720. The number of halogens is 2. The molecule has 0 aliphatic rings. The Bertz CT molecular complexity index is 464. The zero-order valence-corrected chi connectivity index (χ0v) is 10.9. The number of nitrogens with one attached hydrogen (secondary N) is 1. The normalized spacial score (nSPS) is 10.8. The maximum absolute atomic E-state index is 10.8. The Balaban J connectivity index is 2.85. The van der Waals surface area contributed by atoms with Gasteiger partial charge in [-0.3, -0.25) is 10.1 Å². The van der Waals surface area contributed by atoms with E-state index in [9.17, 15) is 10.1 Å². The fourth-order valence-electron chi connectivity index (χ4n) is 1.30. The highest BCUT2D eigenvalue weighted by atomic mass is 35.5. The fourth-order valence-corrected chi connectivity index (χ4v) is 1.68. The minimum Gasteiger partial charge on any atom is -0.396 e. The minimum atomic E-state index is -0.526. The van der Waals surface area contributed by atoms with Crippen molar-refractivity contribution in [2.75, 3.05) is 18.5 Å². The summed E-state index contributed by atoms with van der Waals surface area (Å²) in [7, 11) is 0. The van der Waals surface area contributed by atoms with Crippen molar-refractivity contribution in [3.05, 3.63) is 44.4 Å². The minimum absolute atomic E-state index is 0.0641. The number of benzene rings is 1. The SMILES string of the molecule is O=[N+]([O-])c1ccc(Cl)c(Cl)c1NC/C=C/CCO. The van der Waals surface area contributed by atoms with E-state index < -0.39 is 4.92 Å². The second kappa shape index (κ2) is 7.20. The van der Waals surface area contributed by atoms with E-state index in [2.05, 4.69) is 5.32 Å². The molecule has 0 aliphatic heterocycles. The summed E-state index contributed by atoms with van der Waals surface area (Å²) in [5.74, 6) is 0. The number of nitro benzene ring substituents is 1. The topological polar surface area (TPSA) is 75.4 Å². The fraction of sp³-hybridized carbons (Fsp3) is 0.273. The summed E-state index contributed by atoms with van der Waals surface area (Å²) in [4.78, 5) is 10.3. The second-order valence-corrected chi connectivity index (χ2v) is 4.16. The third-order valence-corrected chi connectivity index (χ3v) is 2.93. The first-order valence-electron chi connectivity index (χ1n) is 5.20. The van der Waals surface area contributed by atoms with Crippen molar-refractivity contribution in [2.45, 2.75) is 6.42 Å². The van der Waals surface area contributed by atoms with Gasteiger partial charge in [0.2, 0.25) is 0 Å². The lowest BCUT2D eigenvalue weighted by atomic mass is 10.2. The summed E-state index contributed by atoms with van der Waals surface area (Å²) in [6, 6.07) is 2.68. The molecule has 0 fully saturated rings.